The van der Waals surface area contributed by atoms with E-state index in [-0.39, 0.29) is 4.32 Å². The van der Waals surface area contributed by atoms with Gasteiger partial charge in [-0.3, -0.25) is 9.69 Å². The lowest BCUT2D eigenvalue weighted by Gasteiger charge is -2.14. The molecule has 2 rings (SSSR count). The molecule has 0 N–H and O–H groups in total. The number of methoxy groups -OCH3 is 1. The molecule has 1 aromatic carbocycles. The predicted molar refractivity (Wildman–Crippen MR) is 108 cm³/mol. The van der Waals surface area contributed by atoms with E-state index in [1.165, 1.54) is 12.8 Å². The minimum atomic E-state index is -1.35. The third-order valence-corrected chi connectivity index (χ3v) is 5.28. The van der Waals surface area contributed by atoms with E-state index in [4.69, 9.17) is 21.7 Å². The Morgan fingerprint density at radius 3 is 2.74 bits per heavy atom. The third-order valence-electron chi connectivity index (χ3n) is 3.90. The lowest BCUT2D eigenvalue weighted by molar-refractivity contribution is -0.305. The largest absolute Gasteiger partial charge is 0.548 e. The van der Waals surface area contributed by atoms with Gasteiger partial charge < -0.3 is 19.4 Å². The van der Waals surface area contributed by atoms with Gasteiger partial charge >= 0.3 is 0 Å². The number of thioether (sulfide) groups is 1. The van der Waals surface area contributed by atoms with Crippen LogP contribution in [0.15, 0.2) is 23.1 Å². The zero-order valence-electron chi connectivity index (χ0n) is 15.4. The van der Waals surface area contributed by atoms with Crippen molar-refractivity contribution < 1.29 is 24.2 Å². The maximum atomic E-state index is 12.3. The molecule has 0 radical (unpaired) electrons. The third kappa shape index (κ3) is 5.97. The van der Waals surface area contributed by atoms with Crippen molar-refractivity contribution in [1.82, 2.24) is 4.90 Å². The zero-order valence-corrected chi connectivity index (χ0v) is 17.0. The first-order valence-electron chi connectivity index (χ1n) is 8.72. The number of carboxylic acids is 1. The molecular formula is C19H22NO5S2-. The predicted octanol–water partition coefficient (Wildman–Crippen LogP) is 2.61. The molecule has 1 aliphatic rings. The quantitative estimate of drug-likeness (QED) is 0.334. The Morgan fingerprint density at radius 2 is 2.07 bits per heavy atom. The molecule has 0 bridgehead atoms. The number of benzene rings is 1. The Labute approximate surface area is 168 Å². The van der Waals surface area contributed by atoms with Crippen molar-refractivity contribution in [3.63, 3.8) is 0 Å². The highest BCUT2D eigenvalue weighted by atomic mass is 32.2. The van der Waals surface area contributed by atoms with Gasteiger partial charge in [0.05, 0.1) is 31.1 Å². The van der Waals surface area contributed by atoms with Crippen LogP contribution in [-0.4, -0.2) is 41.4 Å². The van der Waals surface area contributed by atoms with Gasteiger partial charge in [-0.15, -0.1) is 0 Å². The number of rotatable bonds is 10. The monoisotopic (exact) mass is 408 g/mol. The molecule has 1 saturated heterocycles. The molecule has 0 spiro atoms. The second-order valence-corrected chi connectivity index (χ2v) is 7.64. The number of carboxylic acid groups (broad SMARTS) is 1. The molecule has 6 nitrogen and oxygen atoms in total. The van der Waals surface area contributed by atoms with Crippen LogP contribution in [0.4, 0.5) is 0 Å². The summed E-state index contributed by atoms with van der Waals surface area (Å²) in [6, 6.07) is 5.38. The molecule has 8 heteroatoms. The lowest BCUT2D eigenvalue weighted by Crippen LogP contribution is -2.40. The zero-order chi connectivity index (χ0) is 19.8. The normalized spacial score (nSPS) is 15.5. The summed E-state index contributed by atoms with van der Waals surface area (Å²) >= 11 is 6.13. The van der Waals surface area contributed by atoms with Gasteiger partial charge in [0, 0.05) is 0 Å². The second-order valence-electron chi connectivity index (χ2n) is 5.96. The molecule has 1 aromatic rings. The molecule has 1 heterocycles. The lowest BCUT2D eigenvalue weighted by atomic mass is 10.1. The molecule has 0 aromatic heterocycles. The van der Waals surface area contributed by atoms with Crippen LogP contribution < -0.4 is 14.6 Å². The molecule has 0 saturated carbocycles. The maximum absolute atomic E-state index is 12.3. The standard InChI is InChI=1S/C19H23NO5S2/c1-3-4-5-6-9-25-14-8-7-13(10-15(14)24-2)11-16-18(23)20(12-17(21)22)19(26)27-16/h7-8,10-11H,3-6,9,12H2,1-2H3,(H,21,22)/p-1. The minimum absolute atomic E-state index is 0.203. The number of hydrogen-bond donors (Lipinski definition) is 0. The summed E-state index contributed by atoms with van der Waals surface area (Å²) in [4.78, 5) is 24.4. The number of hydrogen-bond acceptors (Lipinski definition) is 7. The molecule has 0 aliphatic carbocycles. The number of carbonyl (C=O) groups excluding carboxylic acids is 2. The maximum Gasteiger partial charge on any atom is 0.266 e. The number of nitrogens with zero attached hydrogens (tertiary/aromatic N) is 1. The molecule has 1 fully saturated rings. The number of thiocarbonyl (C=S) groups is 1. The Bertz CT molecular complexity index is 748. The van der Waals surface area contributed by atoms with Crippen LogP contribution >= 0.6 is 24.0 Å². The van der Waals surface area contributed by atoms with Crippen LogP contribution in [0.5, 0.6) is 11.5 Å². The first kappa shape index (κ1) is 21.2. The number of amides is 1. The van der Waals surface area contributed by atoms with E-state index in [1.54, 1.807) is 25.3 Å². The fraction of sp³-hybridized carbons (Fsp3) is 0.421. The smallest absolute Gasteiger partial charge is 0.266 e. The van der Waals surface area contributed by atoms with Gasteiger partial charge in [0.25, 0.3) is 5.91 Å². The van der Waals surface area contributed by atoms with Crippen LogP contribution in [0, 0.1) is 0 Å². The van der Waals surface area contributed by atoms with Gasteiger partial charge in [-0.05, 0) is 30.2 Å². The summed E-state index contributed by atoms with van der Waals surface area (Å²) in [6.07, 6.45) is 6.13. The topological polar surface area (TPSA) is 78.9 Å². The summed E-state index contributed by atoms with van der Waals surface area (Å²) in [5.74, 6) is -0.570. The molecule has 1 amide bonds. The Morgan fingerprint density at radius 1 is 1.30 bits per heavy atom. The van der Waals surface area contributed by atoms with Gasteiger partial charge in [0.15, 0.2) is 11.5 Å². The van der Waals surface area contributed by atoms with Gasteiger partial charge in [0.2, 0.25) is 0 Å². The average Bonchev–Trinajstić information content (AvgIpc) is 2.89. The van der Waals surface area contributed by atoms with E-state index >= 15 is 0 Å². The van der Waals surface area contributed by atoms with Crippen LogP contribution in [0.2, 0.25) is 0 Å². The van der Waals surface area contributed by atoms with Crippen LogP contribution in [0.1, 0.15) is 38.2 Å². The van der Waals surface area contributed by atoms with Crippen LogP contribution in [0.3, 0.4) is 0 Å². The minimum Gasteiger partial charge on any atom is -0.548 e. The average molecular weight is 409 g/mol. The van der Waals surface area contributed by atoms with E-state index in [9.17, 15) is 14.7 Å². The summed E-state index contributed by atoms with van der Waals surface area (Å²) in [5.41, 5.74) is 0.735. The Hall–Kier alpha value is -2.06. The molecule has 146 valence electrons. The first-order valence-corrected chi connectivity index (χ1v) is 9.94. The van der Waals surface area contributed by atoms with Gasteiger partial charge in [-0.25, -0.2) is 0 Å². The fourth-order valence-corrected chi connectivity index (χ4v) is 3.78. The summed E-state index contributed by atoms with van der Waals surface area (Å²) in [7, 11) is 1.56. The fourth-order valence-electron chi connectivity index (χ4n) is 2.52. The van der Waals surface area contributed by atoms with Crippen molar-refractivity contribution in [1.29, 1.82) is 0 Å². The van der Waals surface area contributed by atoms with Crippen LogP contribution in [0.25, 0.3) is 6.08 Å². The van der Waals surface area contributed by atoms with Gasteiger partial charge in [-0.1, -0.05) is 56.2 Å². The number of carbonyl (C=O) groups is 2. The second kappa shape index (κ2) is 10.3. The van der Waals surface area contributed by atoms with Crippen molar-refractivity contribution in [3.8, 4) is 11.5 Å². The number of unbranched alkanes of at least 4 members (excludes halogenated alkanes) is 3. The van der Waals surface area contributed by atoms with Crippen LogP contribution in [-0.2, 0) is 9.59 Å². The summed E-state index contributed by atoms with van der Waals surface area (Å²) in [5, 5.41) is 10.8. The molecule has 27 heavy (non-hydrogen) atoms. The van der Waals surface area contributed by atoms with Crippen molar-refractivity contribution in [2.75, 3.05) is 20.3 Å². The van der Waals surface area contributed by atoms with Crippen molar-refractivity contribution in [3.05, 3.63) is 28.7 Å². The molecular weight excluding hydrogens is 386 g/mol. The Kier molecular flexibility index (Phi) is 8.12. The SMILES string of the molecule is CCCCCCOc1ccc(C=C2SC(=S)N(CC(=O)[O-])C2=O)cc1OC. The highest BCUT2D eigenvalue weighted by molar-refractivity contribution is 8.26. The van der Waals surface area contributed by atoms with Gasteiger partial charge in [0.1, 0.15) is 4.32 Å². The van der Waals surface area contributed by atoms with Gasteiger partial charge in [-0.2, -0.15) is 0 Å². The Balaban J connectivity index is 2.08. The first-order chi connectivity index (χ1) is 13.0. The molecule has 0 atom stereocenters. The van der Waals surface area contributed by atoms with Crippen molar-refractivity contribution in [2.24, 2.45) is 0 Å². The highest BCUT2D eigenvalue weighted by Crippen LogP contribution is 2.34. The number of ether oxygens (including phenoxy) is 2. The van der Waals surface area contributed by atoms with E-state index < -0.39 is 18.4 Å². The highest BCUT2D eigenvalue weighted by Gasteiger charge is 2.31. The summed E-state index contributed by atoms with van der Waals surface area (Å²) in [6.45, 7) is 2.24. The summed E-state index contributed by atoms with van der Waals surface area (Å²) < 4.78 is 11.4. The number of aliphatic carboxylic acids is 1. The van der Waals surface area contributed by atoms with Crippen molar-refractivity contribution in [2.45, 2.75) is 32.6 Å². The van der Waals surface area contributed by atoms with E-state index in [1.807, 2.05) is 6.07 Å². The van der Waals surface area contributed by atoms with E-state index in [0.717, 1.165) is 35.1 Å². The molecule has 0 unspecified atom stereocenters. The molecule has 1 aliphatic heterocycles. The van der Waals surface area contributed by atoms with E-state index in [2.05, 4.69) is 6.92 Å². The van der Waals surface area contributed by atoms with Crippen molar-refractivity contribution >= 4 is 46.3 Å². The van der Waals surface area contributed by atoms with E-state index in [0.29, 0.717) is 23.0 Å².